The minimum atomic E-state index is -1.03. The highest BCUT2D eigenvalue weighted by atomic mass is 35.5. The van der Waals surface area contributed by atoms with Crippen molar-refractivity contribution in [1.29, 1.82) is 0 Å². The van der Waals surface area contributed by atoms with E-state index in [0.717, 1.165) is 28.9 Å². The van der Waals surface area contributed by atoms with Crippen LogP contribution in [0.15, 0.2) is 66.7 Å². The Morgan fingerprint density at radius 1 is 1.06 bits per heavy atom. The Morgan fingerprint density at radius 2 is 1.83 bits per heavy atom. The van der Waals surface area contributed by atoms with E-state index in [9.17, 15) is 14.7 Å². The van der Waals surface area contributed by atoms with Crippen LogP contribution in [0.1, 0.15) is 40.4 Å². The molecule has 1 unspecified atom stereocenters. The number of hydrogen-bond acceptors (Lipinski definition) is 3. The number of fused-ring (bicyclic) bond motifs is 1. The van der Waals surface area contributed by atoms with E-state index in [2.05, 4.69) is 0 Å². The van der Waals surface area contributed by atoms with Crippen molar-refractivity contribution in [1.82, 2.24) is 4.90 Å². The first-order chi connectivity index (χ1) is 16.7. The lowest BCUT2D eigenvalue weighted by Crippen LogP contribution is -2.36. The summed E-state index contributed by atoms with van der Waals surface area (Å²) in [6.45, 7) is 2.02. The first kappa shape index (κ1) is 25.1. The Balaban J connectivity index is 1.46. The first-order valence-corrected chi connectivity index (χ1v) is 12.3. The molecule has 35 heavy (non-hydrogen) atoms. The topological polar surface area (TPSA) is 66.8 Å². The Kier molecular flexibility index (Phi) is 7.68. The van der Waals surface area contributed by atoms with Crippen molar-refractivity contribution in [2.45, 2.75) is 38.2 Å². The number of carbonyl (C=O) groups excluding carboxylic acids is 1. The number of benzene rings is 3. The van der Waals surface area contributed by atoms with Crippen LogP contribution in [0.4, 0.5) is 0 Å². The number of hydrogen-bond donors (Lipinski definition) is 1. The first-order valence-electron chi connectivity index (χ1n) is 11.5. The standard InChI is InChI=1S/C28H27Cl2NO4/c1-28(16-21-10-5-11-23(29)26(21)30)17-22-15-20(12-13-24(22)35-28)27(34)31(18-25(32)33)14-6-9-19-7-3-2-4-8-19/h2-5,7-8,10-13,15H,6,9,14,16-18H2,1H3,(H,32,33). The van der Waals surface area contributed by atoms with Gasteiger partial charge >= 0.3 is 5.97 Å². The van der Waals surface area contributed by atoms with E-state index in [1.165, 1.54) is 4.90 Å². The molecule has 182 valence electrons. The maximum atomic E-state index is 13.2. The second-order valence-corrected chi connectivity index (χ2v) is 9.94. The van der Waals surface area contributed by atoms with Crippen molar-refractivity contribution in [3.05, 3.63) is 99.0 Å². The molecule has 0 saturated heterocycles. The van der Waals surface area contributed by atoms with Gasteiger partial charge in [0.25, 0.3) is 5.91 Å². The number of aliphatic carboxylic acids is 1. The number of amides is 1. The van der Waals surface area contributed by atoms with Gasteiger partial charge in [-0.15, -0.1) is 0 Å². The summed E-state index contributed by atoms with van der Waals surface area (Å²) in [7, 11) is 0. The van der Waals surface area contributed by atoms with Gasteiger partial charge in [0, 0.05) is 24.9 Å². The Hall–Kier alpha value is -3.02. The Morgan fingerprint density at radius 3 is 2.57 bits per heavy atom. The zero-order valence-corrected chi connectivity index (χ0v) is 21.0. The van der Waals surface area contributed by atoms with Crippen LogP contribution < -0.4 is 4.74 Å². The van der Waals surface area contributed by atoms with Crippen LogP contribution in [0.2, 0.25) is 10.0 Å². The van der Waals surface area contributed by atoms with E-state index >= 15 is 0 Å². The highest BCUT2D eigenvalue weighted by Crippen LogP contribution is 2.39. The molecule has 1 atom stereocenters. The molecule has 7 heteroatoms. The molecule has 1 aliphatic rings. The van der Waals surface area contributed by atoms with Crippen molar-refractivity contribution in [2.75, 3.05) is 13.1 Å². The van der Waals surface area contributed by atoms with Crippen LogP contribution in [0.5, 0.6) is 5.75 Å². The van der Waals surface area contributed by atoms with Crippen LogP contribution in [0.25, 0.3) is 0 Å². The van der Waals surface area contributed by atoms with Gasteiger partial charge in [-0.3, -0.25) is 9.59 Å². The van der Waals surface area contributed by atoms with Crippen LogP contribution in [0, 0.1) is 0 Å². The highest BCUT2D eigenvalue weighted by Gasteiger charge is 2.36. The normalized spacial score (nSPS) is 16.4. The van der Waals surface area contributed by atoms with Crippen molar-refractivity contribution < 1.29 is 19.4 Å². The molecule has 1 heterocycles. The Labute approximate surface area is 215 Å². The molecule has 1 N–H and O–H groups in total. The third kappa shape index (κ3) is 6.16. The minimum absolute atomic E-state index is 0.297. The van der Waals surface area contributed by atoms with Gasteiger partial charge in [0.1, 0.15) is 17.9 Å². The maximum Gasteiger partial charge on any atom is 0.323 e. The fourth-order valence-corrected chi connectivity index (χ4v) is 4.94. The number of aryl methyl sites for hydroxylation is 1. The zero-order valence-electron chi connectivity index (χ0n) is 19.5. The maximum absolute atomic E-state index is 13.2. The summed E-state index contributed by atoms with van der Waals surface area (Å²) < 4.78 is 6.25. The number of ether oxygens (including phenoxy) is 1. The lowest BCUT2D eigenvalue weighted by Gasteiger charge is -2.24. The largest absolute Gasteiger partial charge is 0.487 e. The summed E-state index contributed by atoms with van der Waals surface area (Å²) in [6.07, 6.45) is 2.61. The van der Waals surface area contributed by atoms with E-state index in [-0.39, 0.29) is 12.5 Å². The molecule has 1 aliphatic heterocycles. The summed E-state index contributed by atoms with van der Waals surface area (Å²) in [5.41, 5.74) is 2.89. The quantitative estimate of drug-likeness (QED) is 0.377. The molecule has 3 aromatic carbocycles. The molecule has 3 aromatic rings. The molecule has 0 bridgehead atoms. The van der Waals surface area contributed by atoms with Crippen molar-refractivity contribution in [2.24, 2.45) is 0 Å². The van der Waals surface area contributed by atoms with E-state index < -0.39 is 11.6 Å². The fraction of sp³-hybridized carbons (Fsp3) is 0.286. The van der Waals surface area contributed by atoms with E-state index in [0.29, 0.717) is 41.4 Å². The van der Waals surface area contributed by atoms with Crippen molar-refractivity contribution in [3.63, 3.8) is 0 Å². The molecule has 0 spiro atoms. The van der Waals surface area contributed by atoms with Gasteiger partial charge in [-0.25, -0.2) is 0 Å². The summed E-state index contributed by atoms with van der Waals surface area (Å²) in [6, 6.07) is 20.8. The zero-order chi connectivity index (χ0) is 25.0. The molecule has 5 nitrogen and oxygen atoms in total. The summed E-state index contributed by atoms with van der Waals surface area (Å²) in [5.74, 6) is -0.612. The number of nitrogens with zero attached hydrogens (tertiary/aromatic N) is 1. The second-order valence-electron chi connectivity index (χ2n) is 9.15. The average molecular weight is 512 g/mol. The summed E-state index contributed by atoms with van der Waals surface area (Å²) >= 11 is 12.6. The average Bonchev–Trinajstić information content (AvgIpc) is 3.16. The van der Waals surface area contributed by atoms with Gasteiger partial charge in [-0.1, -0.05) is 65.7 Å². The molecule has 0 saturated carbocycles. The highest BCUT2D eigenvalue weighted by molar-refractivity contribution is 6.42. The molecular formula is C28H27Cl2NO4. The third-order valence-electron chi connectivity index (χ3n) is 6.17. The van der Waals surface area contributed by atoms with Gasteiger partial charge in [0.15, 0.2) is 0 Å². The van der Waals surface area contributed by atoms with E-state index in [1.54, 1.807) is 18.2 Å². The van der Waals surface area contributed by atoms with Crippen molar-refractivity contribution >= 4 is 35.1 Å². The Bertz CT molecular complexity index is 1230. The van der Waals surface area contributed by atoms with Gasteiger partial charge in [-0.05, 0) is 60.7 Å². The molecular weight excluding hydrogens is 485 g/mol. The fourth-order valence-electron chi connectivity index (χ4n) is 4.56. The molecule has 0 fully saturated rings. The van der Waals surface area contributed by atoms with Crippen LogP contribution in [0.3, 0.4) is 0 Å². The predicted molar refractivity (Wildman–Crippen MR) is 138 cm³/mol. The van der Waals surface area contributed by atoms with E-state index in [4.69, 9.17) is 27.9 Å². The molecule has 4 rings (SSSR count). The molecule has 0 aromatic heterocycles. The van der Waals surface area contributed by atoms with Gasteiger partial charge in [0.05, 0.1) is 10.0 Å². The van der Waals surface area contributed by atoms with Crippen LogP contribution in [-0.2, 0) is 24.1 Å². The van der Waals surface area contributed by atoms with Crippen LogP contribution in [-0.4, -0.2) is 40.6 Å². The number of carbonyl (C=O) groups is 2. The lowest BCUT2D eigenvalue weighted by atomic mass is 9.91. The second kappa shape index (κ2) is 10.7. The van der Waals surface area contributed by atoms with Gasteiger partial charge in [-0.2, -0.15) is 0 Å². The number of carboxylic acids is 1. The summed E-state index contributed by atoms with van der Waals surface area (Å²) in [5, 5.41) is 10.4. The minimum Gasteiger partial charge on any atom is -0.487 e. The van der Waals surface area contributed by atoms with E-state index in [1.807, 2.05) is 55.5 Å². The molecule has 0 radical (unpaired) electrons. The van der Waals surface area contributed by atoms with Gasteiger partial charge < -0.3 is 14.7 Å². The smallest absolute Gasteiger partial charge is 0.323 e. The number of rotatable bonds is 9. The number of carboxylic acid groups (broad SMARTS) is 1. The summed E-state index contributed by atoms with van der Waals surface area (Å²) in [4.78, 5) is 26.1. The lowest BCUT2D eigenvalue weighted by molar-refractivity contribution is -0.137. The van der Waals surface area contributed by atoms with Gasteiger partial charge in [0.2, 0.25) is 0 Å². The monoisotopic (exact) mass is 511 g/mol. The molecule has 0 aliphatic carbocycles. The molecule has 1 amide bonds. The number of halogens is 2. The predicted octanol–water partition coefficient (Wildman–Crippen LogP) is 6.09. The van der Waals surface area contributed by atoms with Crippen molar-refractivity contribution in [3.8, 4) is 5.75 Å². The van der Waals surface area contributed by atoms with Crippen LogP contribution >= 0.6 is 23.2 Å². The SMILES string of the molecule is CC1(Cc2cccc(Cl)c2Cl)Cc2cc(C(=O)N(CCCc3ccccc3)CC(=O)O)ccc2O1. The third-order valence-corrected chi connectivity index (χ3v) is 7.03.